The molecule has 4 heteroatoms. The zero-order valence-corrected chi connectivity index (χ0v) is 11.7. The number of ether oxygens (including phenoxy) is 1. The quantitative estimate of drug-likeness (QED) is 0.635. The lowest BCUT2D eigenvalue weighted by Gasteiger charge is -2.25. The summed E-state index contributed by atoms with van der Waals surface area (Å²) in [6.45, 7) is 2.22. The first-order valence-corrected chi connectivity index (χ1v) is 6.99. The fourth-order valence-electron chi connectivity index (χ4n) is 3.22. The van der Waals surface area contributed by atoms with Gasteiger partial charge in [-0.2, -0.15) is 0 Å². The number of rotatable bonds is 5. The highest BCUT2D eigenvalue weighted by molar-refractivity contribution is 5.37. The number of hydrogen-bond acceptors (Lipinski definition) is 3. The molecular formula is C15H23FN2O. The van der Waals surface area contributed by atoms with Gasteiger partial charge in [-0.15, -0.1) is 0 Å². The average Bonchev–Trinajstić information content (AvgIpc) is 2.89. The van der Waals surface area contributed by atoms with Crippen molar-refractivity contribution in [2.24, 2.45) is 17.7 Å². The highest BCUT2D eigenvalue weighted by Gasteiger charge is 2.32. The third-order valence-corrected chi connectivity index (χ3v) is 4.34. The van der Waals surface area contributed by atoms with E-state index in [1.807, 2.05) is 0 Å². The second-order valence-electron chi connectivity index (χ2n) is 5.38. The Morgan fingerprint density at radius 2 is 2.26 bits per heavy atom. The van der Waals surface area contributed by atoms with E-state index in [1.54, 1.807) is 13.2 Å². The SMILES string of the molecule is CCC1CCC(C(NN)c2cc(F)ccc2OC)C1. The zero-order chi connectivity index (χ0) is 13.8. The maximum atomic E-state index is 13.5. The minimum Gasteiger partial charge on any atom is -0.496 e. The Balaban J connectivity index is 2.24. The Labute approximate surface area is 114 Å². The van der Waals surface area contributed by atoms with Gasteiger partial charge < -0.3 is 4.74 Å². The summed E-state index contributed by atoms with van der Waals surface area (Å²) in [6, 6.07) is 4.57. The molecule has 0 aromatic heterocycles. The second kappa shape index (κ2) is 6.35. The molecule has 0 bridgehead atoms. The first-order chi connectivity index (χ1) is 9.19. The molecule has 3 unspecified atom stereocenters. The molecule has 1 fully saturated rings. The van der Waals surface area contributed by atoms with Crippen LogP contribution in [0.1, 0.15) is 44.2 Å². The molecule has 1 aromatic carbocycles. The summed E-state index contributed by atoms with van der Waals surface area (Å²) in [7, 11) is 1.60. The molecule has 3 atom stereocenters. The summed E-state index contributed by atoms with van der Waals surface area (Å²) in [5.74, 6) is 7.38. The molecule has 0 radical (unpaired) electrons. The van der Waals surface area contributed by atoms with Gasteiger partial charge in [0.15, 0.2) is 0 Å². The van der Waals surface area contributed by atoms with Crippen LogP contribution in [0.3, 0.4) is 0 Å². The summed E-state index contributed by atoms with van der Waals surface area (Å²) in [5.41, 5.74) is 3.69. The summed E-state index contributed by atoms with van der Waals surface area (Å²) in [5, 5.41) is 0. The van der Waals surface area contributed by atoms with Crippen molar-refractivity contribution in [1.82, 2.24) is 5.43 Å². The molecular weight excluding hydrogens is 243 g/mol. The fraction of sp³-hybridized carbons (Fsp3) is 0.600. The van der Waals surface area contributed by atoms with E-state index in [0.29, 0.717) is 11.7 Å². The molecule has 3 N–H and O–H groups in total. The molecule has 0 saturated heterocycles. The van der Waals surface area contributed by atoms with E-state index in [2.05, 4.69) is 12.3 Å². The minimum atomic E-state index is -0.249. The van der Waals surface area contributed by atoms with Crippen LogP contribution in [0.5, 0.6) is 5.75 Å². The lowest BCUT2D eigenvalue weighted by molar-refractivity contribution is 0.337. The predicted molar refractivity (Wildman–Crippen MR) is 74.1 cm³/mol. The highest BCUT2D eigenvalue weighted by atomic mass is 19.1. The Kier molecular flexibility index (Phi) is 4.77. The van der Waals surface area contributed by atoms with Crippen LogP contribution in [-0.2, 0) is 0 Å². The van der Waals surface area contributed by atoms with Gasteiger partial charge in [0.05, 0.1) is 13.2 Å². The van der Waals surface area contributed by atoms with Crippen molar-refractivity contribution < 1.29 is 9.13 Å². The number of halogens is 1. The molecule has 1 aliphatic rings. The van der Waals surface area contributed by atoms with E-state index in [0.717, 1.165) is 24.3 Å². The van der Waals surface area contributed by atoms with Gasteiger partial charge in [-0.3, -0.25) is 11.3 Å². The summed E-state index contributed by atoms with van der Waals surface area (Å²) in [6.07, 6.45) is 4.71. The van der Waals surface area contributed by atoms with Crippen molar-refractivity contribution in [3.63, 3.8) is 0 Å². The lowest BCUT2D eigenvalue weighted by Crippen LogP contribution is -2.33. The van der Waals surface area contributed by atoms with Gasteiger partial charge in [0.2, 0.25) is 0 Å². The van der Waals surface area contributed by atoms with Crippen molar-refractivity contribution in [3.05, 3.63) is 29.6 Å². The van der Waals surface area contributed by atoms with Crippen LogP contribution in [0.4, 0.5) is 4.39 Å². The Morgan fingerprint density at radius 1 is 1.47 bits per heavy atom. The molecule has 19 heavy (non-hydrogen) atoms. The van der Waals surface area contributed by atoms with E-state index in [1.165, 1.54) is 25.0 Å². The van der Waals surface area contributed by atoms with Gasteiger partial charge in [0.1, 0.15) is 11.6 Å². The van der Waals surface area contributed by atoms with Crippen LogP contribution in [0.15, 0.2) is 18.2 Å². The molecule has 1 aliphatic carbocycles. The molecule has 2 rings (SSSR count). The normalized spacial score (nSPS) is 24.4. The van der Waals surface area contributed by atoms with E-state index < -0.39 is 0 Å². The fourth-order valence-corrected chi connectivity index (χ4v) is 3.22. The van der Waals surface area contributed by atoms with Gasteiger partial charge in [-0.1, -0.05) is 19.8 Å². The van der Waals surface area contributed by atoms with Crippen molar-refractivity contribution >= 4 is 0 Å². The maximum Gasteiger partial charge on any atom is 0.123 e. The Morgan fingerprint density at radius 3 is 2.84 bits per heavy atom. The smallest absolute Gasteiger partial charge is 0.123 e. The molecule has 0 amide bonds. The first-order valence-electron chi connectivity index (χ1n) is 6.99. The van der Waals surface area contributed by atoms with Gasteiger partial charge in [0.25, 0.3) is 0 Å². The third kappa shape index (κ3) is 3.07. The molecule has 0 heterocycles. The second-order valence-corrected chi connectivity index (χ2v) is 5.38. The van der Waals surface area contributed by atoms with Crippen LogP contribution in [0, 0.1) is 17.7 Å². The van der Waals surface area contributed by atoms with E-state index >= 15 is 0 Å². The average molecular weight is 266 g/mol. The largest absolute Gasteiger partial charge is 0.496 e. The molecule has 106 valence electrons. The third-order valence-electron chi connectivity index (χ3n) is 4.34. The number of hydrogen-bond donors (Lipinski definition) is 2. The highest BCUT2D eigenvalue weighted by Crippen LogP contribution is 2.42. The van der Waals surface area contributed by atoms with Crippen molar-refractivity contribution in [2.45, 2.75) is 38.6 Å². The van der Waals surface area contributed by atoms with Crippen LogP contribution in [-0.4, -0.2) is 7.11 Å². The van der Waals surface area contributed by atoms with Gasteiger partial charge in [0, 0.05) is 5.56 Å². The molecule has 1 saturated carbocycles. The number of nitrogens with two attached hydrogens (primary N) is 1. The summed E-state index contributed by atoms with van der Waals surface area (Å²) < 4.78 is 18.8. The van der Waals surface area contributed by atoms with Crippen LogP contribution < -0.4 is 16.0 Å². The molecule has 1 aromatic rings. The summed E-state index contributed by atoms with van der Waals surface area (Å²) in [4.78, 5) is 0. The molecule has 0 aliphatic heterocycles. The van der Waals surface area contributed by atoms with Crippen LogP contribution in [0.25, 0.3) is 0 Å². The standard InChI is InChI=1S/C15H23FN2O/c1-3-10-4-5-11(8-10)15(18-17)13-9-12(16)6-7-14(13)19-2/h6-7,9-11,15,18H,3-5,8,17H2,1-2H3. The Hall–Kier alpha value is -1.13. The number of nitrogens with one attached hydrogen (secondary N) is 1. The van der Waals surface area contributed by atoms with Crippen LogP contribution in [0.2, 0.25) is 0 Å². The Bertz CT molecular complexity index is 425. The maximum absolute atomic E-state index is 13.5. The molecule has 0 spiro atoms. The van der Waals surface area contributed by atoms with Crippen LogP contribution >= 0.6 is 0 Å². The van der Waals surface area contributed by atoms with Gasteiger partial charge in [-0.25, -0.2) is 4.39 Å². The van der Waals surface area contributed by atoms with Crippen molar-refractivity contribution in [3.8, 4) is 5.75 Å². The number of benzene rings is 1. The predicted octanol–water partition coefficient (Wildman–Crippen LogP) is 3.17. The monoisotopic (exact) mass is 266 g/mol. The minimum absolute atomic E-state index is 0.0396. The number of hydrazine groups is 1. The van der Waals surface area contributed by atoms with Crippen molar-refractivity contribution in [2.75, 3.05) is 7.11 Å². The van der Waals surface area contributed by atoms with Crippen molar-refractivity contribution in [1.29, 1.82) is 0 Å². The first kappa shape index (κ1) is 14.3. The summed E-state index contributed by atoms with van der Waals surface area (Å²) >= 11 is 0. The van der Waals surface area contributed by atoms with E-state index in [9.17, 15) is 4.39 Å². The lowest BCUT2D eigenvalue weighted by atomic mass is 9.90. The van der Waals surface area contributed by atoms with Gasteiger partial charge >= 0.3 is 0 Å². The number of methoxy groups -OCH3 is 1. The van der Waals surface area contributed by atoms with Gasteiger partial charge in [-0.05, 0) is 42.9 Å². The topological polar surface area (TPSA) is 47.3 Å². The zero-order valence-electron chi connectivity index (χ0n) is 11.7. The van der Waals surface area contributed by atoms with E-state index in [4.69, 9.17) is 10.6 Å². The van der Waals surface area contributed by atoms with E-state index in [-0.39, 0.29) is 11.9 Å². The molecule has 3 nitrogen and oxygen atoms in total.